The summed E-state index contributed by atoms with van der Waals surface area (Å²) >= 11 is 6.24. The van der Waals surface area contributed by atoms with E-state index in [-0.39, 0.29) is 0 Å². The lowest BCUT2D eigenvalue weighted by Crippen LogP contribution is -2.36. The van der Waals surface area contributed by atoms with Crippen molar-refractivity contribution in [3.8, 4) is 0 Å². The number of aryl methyl sites for hydroxylation is 1. The van der Waals surface area contributed by atoms with Crippen LogP contribution < -0.4 is 5.32 Å². The fraction of sp³-hybridized carbons (Fsp3) is 0.625. The molecule has 0 bridgehead atoms. The van der Waals surface area contributed by atoms with Gasteiger partial charge in [-0.2, -0.15) is 0 Å². The maximum atomic E-state index is 6.24. The summed E-state index contributed by atoms with van der Waals surface area (Å²) in [5, 5.41) is 4.44. The van der Waals surface area contributed by atoms with Crippen molar-refractivity contribution in [2.24, 2.45) is 5.92 Å². The Morgan fingerprint density at radius 1 is 1.32 bits per heavy atom. The molecule has 0 radical (unpaired) electrons. The third-order valence-electron chi connectivity index (χ3n) is 4.11. The van der Waals surface area contributed by atoms with Crippen LogP contribution in [0.5, 0.6) is 0 Å². The van der Waals surface area contributed by atoms with Gasteiger partial charge in [0, 0.05) is 11.6 Å². The monoisotopic (exact) mass is 280 g/mol. The Morgan fingerprint density at radius 3 is 2.68 bits per heavy atom. The van der Waals surface area contributed by atoms with E-state index in [2.05, 4.69) is 36.2 Å². The normalized spacial score (nSPS) is 17.8. The number of likely N-dealkylation sites (tertiary alicyclic amines) is 1. The molecule has 0 aromatic heterocycles. The first kappa shape index (κ1) is 14.8. The van der Waals surface area contributed by atoms with Crippen LogP contribution >= 0.6 is 11.6 Å². The Kier molecular flexibility index (Phi) is 5.68. The van der Waals surface area contributed by atoms with Crippen molar-refractivity contribution in [2.75, 3.05) is 26.2 Å². The van der Waals surface area contributed by atoms with Crippen molar-refractivity contribution < 1.29 is 0 Å². The summed E-state index contributed by atoms with van der Waals surface area (Å²) in [6.07, 6.45) is 2.64. The van der Waals surface area contributed by atoms with E-state index < -0.39 is 0 Å². The molecule has 1 aromatic rings. The Hall–Kier alpha value is -0.570. The van der Waals surface area contributed by atoms with Crippen LogP contribution in [0.15, 0.2) is 18.2 Å². The summed E-state index contributed by atoms with van der Waals surface area (Å²) in [5.41, 5.74) is 2.43. The number of nitrogens with zero attached hydrogens (tertiary/aromatic N) is 1. The van der Waals surface area contributed by atoms with Gasteiger partial charge in [-0.15, -0.1) is 0 Å². The highest BCUT2D eigenvalue weighted by molar-refractivity contribution is 6.31. The lowest BCUT2D eigenvalue weighted by molar-refractivity contribution is 0.190. The second kappa shape index (κ2) is 7.28. The van der Waals surface area contributed by atoms with Crippen LogP contribution in [0.1, 0.15) is 30.9 Å². The Bertz CT molecular complexity index is 398. The van der Waals surface area contributed by atoms with Gasteiger partial charge in [-0.05, 0) is 69.1 Å². The SMILES string of the molecule is CCN1CCC(CNCc2ccc(C)cc2Cl)CC1. The molecule has 3 heteroatoms. The minimum Gasteiger partial charge on any atom is -0.312 e. The molecule has 19 heavy (non-hydrogen) atoms. The highest BCUT2D eigenvalue weighted by Crippen LogP contribution is 2.19. The molecule has 2 rings (SSSR count). The number of piperidine rings is 1. The largest absolute Gasteiger partial charge is 0.312 e. The minimum atomic E-state index is 0.826. The molecule has 1 aliphatic heterocycles. The highest BCUT2D eigenvalue weighted by Gasteiger charge is 2.17. The van der Waals surface area contributed by atoms with Crippen LogP contribution in [0.3, 0.4) is 0 Å². The summed E-state index contributed by atoms with van der Waals surface area (Å²) in [5.74, 6) is 0.826. The van der Waals surface area contributed by atoms with Gasteiger partial charge >= 0.3 is 0 Å². The second-order valence-corrected chi connectivity index (χ2v) is 6.01. The number of hydrogen-bond acceptors (Lipinski definition) is 2. The van der Waals surface area contributed by atoms with Crippen LogP contribution in [-0.2, 0) is 6.54 Å². The zero-order valence-electron chi connectivity index (χ0n) is 12.1. The molecule has 0 aliphatic carbocycles. The standard InChI is InChI=1S/C16H25ClN2/c1-3-19-8-6-14(7-9-19)11-18-12-15-5-4-13(2)10-16(15)17/h4-5,10,14,18H,3,6-9,11-12H2,1-2H3. The molecular formula is C16H25ClN2. The summed E-state index contributed by atoms with van der Waals surface area (Å²) in [4.78, 5) is 2.54. The van der Waals surface area contributed by atoms with Crippen molar-refractivity contribution >= 4 is 11.6 Å². The zero-order chi connectivity index (χ0) is 13.7. The van der Waals surface area contributed by atoms with Crippen molar-refractivity contribution in [1.82, 2.24) is 10.2 Å². The lowest BCUT2D eigenvalue weighted by atomic mass is 9.97. The molecule has 1 saturated heterocycles. The van der Waals surface area contributed by atoms with E-state index in [1.54, 1.807) is 0 Å². The van der Waals surface area contributed by atoms with E-state index >= 15 is 0 Å². The first-order valence-electron chi connectivity index (χ1n) is 7.37. The molecule has 1 N–H and O–H groups in total. The Balaban J connectivity index is 1.72. The van der Waals surface area contributed by atoms with Gasteiger partial charge in [-0.25, -0.2) is 0 Å². The van der Waals surface area contributed by atoms with Gasteiger partial charge in [0.25, 0.3) is 0 Å². The van der Waals surface area contributed by atoms with Crippen molar-refractivity contribution in [2.45, 2.75) is 33.2 Å². The minimum absolute atomic E-state index is 0.826. The van der Waals surface area contributed by atoms with Gasteiger partial charge in [0.15, 0.2) is 0 Å². The van der Waals surface area contributed by atoms with Gasteiger partial charge in [0.2, 0.25) is 0 Å². The van der Waals surface area contributed by atoms with Gasteiger partial charge in [-0.1, -0.05) is 30.7 Å². The molecule has 0 amide bonds. The topological polar surface area (TPSA) is 15.3 Å². The van der Waals surface area contributed by atoms with E-state index in [1.165, 1.54) is 43.6 Å². The third kappa shape index (κ3) is 4.48. The van der Waals surface area contributed by atoms with Crippen molar-refractivity contribution in [3.05, 3.63) is 34.3 Å². The van der Waals surface area contributed by atoms with Crippen LogP contribution in [0.25, 0.3) is 0 Å². The number of halogens is 1. The predicted molar refractivity (Wildman–Crippen MR) is 82.7 cm³/mol. The van der Waals surface area contributed by atoms with Gasteiger partial charge in [0.1, 0.15) is 0 Å². The molecule has 1 aliphatic rings. The molecule has 1 fully saturated rings. The van der Waals surface area contributed by atoms with E-state index in [0.717, 1.165) is 24.0 Å². The Labute approximate surface area is 122 Å². The quantitative estimate of drug-likeness (QED) is 0.888. The molecule has 106 valence electrons. The molecule has 0 saturated carbocycles. The Morgan fingerprint density at radius 2 is 2.05 bits per heavy atom. The van der Waals surface area contributed by atoms with Gasteiger partial charge < -0.3 is 10.2 Å². The molecule has 2 nitrogen and oxygen atoms in total. The fourth-order valence-corrected chi connectivity index (χ4v) is 3.02. The maximum absolute atomic E-state index is 6.24. The van der Waals surface area contributed by atoms with Crippen LogP contribution in [0.4, 0.5) is 0 Å². The highest BCUT2D eigenvalue weighted by atomic mass is 35.5. The lowest BCUT2D eigenvalue weighted by Gasteiger charge is -2.31. The molecule has 0 unspecified atom stereocenters. The number of benzene rings is 1. The zero-order valence-corrected chi connectivity index (χ0v) is 12.8. The van der Waals surface area contributed by atoms with E-state index in [0.29, 0.717) is 0 Å². The van der Waals surface area contributed by atoms with Crippen LogP contribution in [0, 0.1) is 12.8 Å². The molecule has 0 spiro atoms. The van der Waals surface area contributed by atoms with Crippen molar-refractivity contribution in [3.63, 3.8) is 0 Å². The van der Waals surface area contributed by atoms with Crippen molar-refractivity contribution in [1.29, 1.82) is 0 Å². The summed E-state index contributed by atoms with van der Waals surface area (Å²) < 4.78 is 0. The van der Waals surface area contributed by atoms with E-state index in [1.807, 2.05) is 6.07 Å². The summed E-state index contributed by atoms with van der Waals surface area (Å²) in [6.45, 7) is 10.0. The molecule has 1 aromatic carbocycles. The summed E-state index contributed by atoms with van der Waals surface area (Å²) in [6, 6.07) is 6.30. The maximum Gasteiger partial charge on any atom is 0.0453 e. The predicted octanol–water partition coefficient (Wildman–Crippen LogP) is 3.47. The van der Waals surface area contributed by atoms with Gasteiger partial charge in [0.05, 0.1) is 0 Å². The first-order chi connectivity index (χ1) is 9.19. The second-order valence-electron chi connectivity index (χ2n) is 5.60. The van der Waals surface area contributed by atoms with Crippen LogP contribution in [-0.4, -0.2) is 31.1 Å². The van der Waals surface area contributed by atoms with Crippen LogP contribution in [0.2, 0.25) is 5.02 Å². The van der Waals surface area contributed by atoms with Gasteiger partial charge in [-0.3, -0.25) is 0 Å². The fourth-order valence-electron chi connectivity index (χ4n) is 2.71. The number of hydrogen-bond donors (Lipinski definition) is 1. The van der Waals surface area contributed by atoms with E-state index in [9.17, 15) is 0 Å². The van der Waals surface area contributed by atoms with E-state index in [4.69, 9.17) is 11.6 Å². The molecule has 0 atom stereocenters. The molecular weight excluding hydrogens is 256 g/mol. The first-order valence-corrected chi connectivity index (χ1v) is 7.75. The average molecular weight is 281 g/mol. The number of rotatable bonds is 5. The number of nitrogens with one attached hydrogen (secondary N) is 1. The average Bonchev–Trinajstić information content (AvgIpc) is 2.42. The molecule has 1 heterocycles. The third-order valence-corrected chi connectivity index (χ3v) is 4.46. The summed E-state index contributed by atoms with van der Waals surface area (Å²) in [7, 11) is 0. The smallest absolute Gasteiger partial charge is 0.0453 e.